The molecule has 0 radical (unpaired) electrons. The molecule has 0 saturated heterocycles. The number of amides is 1. The van der Waals surface area contributed by atoms with E-state index in [0.717, 1.165) is 10.2 Å². The molecule has 0 saturated carbocycles. The first-order chi connectivity index (χ1) is 11.6. The molecule has 24 heavy (non-hydrogen) atoms. The second-order valence-corrected chi connectivity index (χ2v) is 6.00. The van der Waals surface area contributed by atoms with E-state index in [0.29, 0.717) is 22.9 Å². The molecule has 3 aromatic rings. The maximum atomic E-state index is 12.3. The first-order valence-electron chi connectivity index (χ1n) is 7.24. The zero-order valence-corrected chi connectivity index (χ0v) is 14.4. The molecule has 1 amide bonds. The Balaban J connectivity index is 1.80. The number of hydrogen-bond acceptors (Lipinski definition) is 4. The van der Waals surface area contributed by atoms with Crippen LogP contribution in [0.5, 0.6) is 11.5 Å². The lowest BCUT2D eigenvalue weighted by molar-refractivity contribution is 0.102. The molecule has 0 atom stereocenters. The lowest BCUT2D eigenvalue weighted by Gasteiger charge is -2.10. The van der Waals surface area contributed by atoms with Gasteiger partial charge >= 0.3 is 0 Å². The summed E-state index contributed by atoms with van der Waals surface area (Å²) < 4.78 is 6.54. The maximum Gasteiger partial charge on any atom is 0.274 e. The van der Waals surface area contributed by atoms with Crippen molar-refractivity contribution in [2.24, 2.45) is 0 Å². The third-order valence-corrected chi connectivity index (χ3v) is 3.58. The van der Waals surface area contributed by atoms with E-state index < -0.39 is 0 Å². The fourth-order valence-electron chi connectivity index (χ4n) is 2.10. The van der Waals surface area contributed by atoms with E-state index in [-0.39, 0.29) is 5.91 Å². The Labute approximate surface area is 147 Å². The van der Waals surface area contributed by atoms with Crippen molar-refractivity contribution in [3.8, 4) is 11.5 Å². The van der Waals surface area contributed by atoms with Gasteiger partial charge in [0.1, 0.15) is 17.2 Å². The van der Waals surface area contributed by atoms with Gasteiger partial charge in [-0.15, -0.1) is 0 Å². The number of anilines is 1. The second-order valence-electron chi connectivity index (χ2n) is 5.08. The van der Waals surface area contributed by atoms with Crippen molar-refractivity contribution in [2.75, 3.05) is 5.32 Å². The predicted molar refractivity (Wildman–Crippen MR) is 95.4 cm³/mol. The van der Waals surface area contributed by atoms with E-state index in [1.165, 1.54) is 0 Å². The Morgan fingerprint density at radius 1 is 1.12 bits per heavy atom. The quantitative estimate of drug-likeness (QED) is 0.715. The van der Waals surface area contributed by atoms with Crippen LogP contribution in [0.1, 0.15) is 16.2 Å². The molecule has 0 spiro atoms. The monoisotopic (exact) mass is 383 g/mol. The molecular formula is C18H14BrN3O2. The van der Waals surface area contributed by atoms with Crippen LogP contribution in [0.15, 0.2) is 65.4 Å². The van der Waals surface area contributed by atoms with Gasteiger partial charge in [0, 0.05) is 28.1 Å². The lowest BCUT2D eigenvalue weighted by atomic mass is 10.2. The summed E-state index contributed by atoms with van der Waals surface area (Å²) in [6, 6.07) is 14.3. The molecular weight excluding hydrogens is 370 g/mol. The summed E-state index contributed by atoms with van der Waals surface area (Å²) in [5, 5.41) is 2.83. The third kappa shape index (κ3) is 4.17. The van der Waals surface area contributed by atoms with Crippen LogP contribution in [0, 0.1) is 6.92 Å². The average molecular weight is 384 g/mol. The van der Waals surface area contributed by atoms with Gasteiger partial charge in [0.15, 0.2) is 0 Å². The van der Waals surface area contributed by atoms with Gasteiger partial charge in [-0.1, -0.05) is 22.0 Å². The Kier molecular flexibility index (Phi) is 4.86. The Morgan fingerprint density at radius 2 is 2.00 bits per heavy atom. The molecule has 3 rings (SSSR count). The summed E-state index contributed by atoms with van der Waals surface area (Å²) in [6.45, 7) is 1.84. The van der Waals surface area contributed by atoms with Crippen molar-refractivity contribution in [1.29, 1.82) is 0 Å². The van der Waals surface area contributed by atoms with Gasteiger partial charge in [-0.05, 0) is 43.3 Å². The number of aromatic nitrogens is 2. The van der Waals surface area contributed by atoms with Crippen LogP contribution in [-0.2, 0) is 0 Å². The van der Waals surface area contributed by atoms with Crippen molar-refractivity contribution in [3.05, 3.63) is 76.8 Å². The summed E-state index contributed by atoms with van der Waals surface area (Å²) in [7, 11) is 0. The zero-order chi connectivity index (χ0) is 16.9. The molecule has 1 N–H and O–H groups in total. The first-order valence-corrected chi connectivity index (χ1v) is 8.03. The molecule has 0 unspecified atom stereocenters. The summed E-state index contributed by atoms with van der Waals surface area (Å²) in [5.41, 5.74) is 1.76. The average Bonchev–Trinajstić information content (AvgIpc) is 2.55. The Morgan fingerprint density at radius 3 is 2.75 bits per heavy atom. The van der Waals surface area contributed by atoms with Crippen molar-refractivity contribution >= 4 is 27.5 Å². The highest BCUT2D eigenvalue weighted by Gasteiger charge is 2.09. The van der Waals surface area contributed by atoms with Gasteiger partial charge in [0.05, 0.1) is 6.20 Å². The van der Waals surface area contributed by atoms with Gasteiger partial charge in [0.2, 0.25) is 0 Å². The minimum absolute atomic E-state index is 0.274. The van der Waals surface area contributed by atoms with Crippen LogP contribution in [0.2, 0.25) is 0 Å². The van der Waals surface area contributed by atoms with E-state index in [1.807, 2.05) is 25.1 Å². The van der Waals surface area contributed by atoms with Crippen LogP contribution in [0.25, 0.3) is 0 Å². The molecule has 1 aromatic carbocycles. The van der Waals surface area contributed by atoms with E-state index in [4.69, 9.17) is 4.74 Å². The third-order valence-electron chi connectivity index (χ3n) is 3.12. The van der Waals surface area contributed by atoms with Gasteiger partial charge < -0.3 is 10.1 Å². The van der Waals surface area contributed by atoms with Crippen LogP contribution < -0.4 is 10.1 Å². The maximum absolute atomic E-state index is 12.3. The number of halogens is 1. The molecule has 5 nitrogen and oxygen atoms in total. The Bertz CT molecular complexity index is 869. The van der Waals surface area contributed by atoms with Gasteiger partial charge in [-0.2, -0.15) is 0 Å². The minimum Gasteiger partial charge on any atom is -0.456 e. The van der Waals surface area contributed by atoms with Crippen molar-refractivity contribution in [3.63, 3.8) is 0 Å². The predicted octanol–water partition coefficient (Wildman–Crippen LogP) is 4.59. The molecule has 6 heteroatoms. The summed E-state index contributed by atoms with van der Waals surface area (Å²) in [4.78, 5) is 20.5. The largest absolute Gasteiger partial charge is 0.456 e. The van der Waals surface area contributed by atoms with Crippen molar-refractivity contribution in [1.82, 2.24) is 9.97 Å². The van der Waals surface area contributed by atoms with Crippen molar-refractivity contribution < 1.29 is 9.53 Å². The van der Waals surface area contributed by atoms with E-state index in [9.17, 15) is 4.79 Å². The molecule has 0 aliphatic carbocycles. The number of rotatable bonds is 4. The standard InChI is InChI=1S/C18H14BrN3O2/c1-12-4-2-6-17(21-12)18(23)22-14-8-13(19)9-16(10-14)24-15-5-3-7-20-11-15/h2-11H,1H3,(H,22,23). The normalized spacial score (nSPS) is 10.2. The first kappa shape index (κ1) is 16.1. The number of benzene rings is 1. The van der Waals surface area contributed by atoms with Crippen LogP contribution in [0.4, 0.5) is 5.69 Å². The SMILES string of the molecule is Cc1cccc(C(=O)Nc2cc(Br)cc(Oc3cccnc3)c2)n1. The zero-order valence-electron chi connectivity index (χ0n) is 12.9. The molecule has 0 fully saturated rings. The van der Waals surface area contributed by atoms with Gasteiger partial charge in [0.25, 0.3) is 5.91 Å². The summed E-state index contributed by atoms with van der Waals surface area (Å²) in [5.74, 6) is 0.933. The molecule has 2 aromatic heterocycles. The Hall–Kier alpha value is -2.73. The topological polar surface area (TPSA) is 64.1 Å². The number of aryl methyl sites for hydroxylation is 1. The number of nitrogens with one attached hydrogen (secondary N) is 1. The molecule has 0 bridgehead atoms. The number of carbonyl (C=O) groups excluding carboxylic acids is 1. The number of nitrogens with zero attached hydrogens (tertiary/aromatic N) is 2. The fourth-order valence-corrected chi connectivity index (χ4v) is 2.57. The number of carbonyl (C=O) groups is 1. The highest BCUT2D eigenvalue weighted by Crippen LogP contribution is 2.28. The minimum atomic E-state index is -0.274. The molecule has 2 heterocycles. The highest BCUT2D eigenvalue weighted by atomic mass is 79.9. The lowest BCUT2D eigenvalue weighted by Crippen LogP contribution is -2.14. The van der Waals surface area contributed by atoms with Crippen LogP contribution in [0.3, 0.4) is 0 Å². The van der Waals surface area contributed by atoms with E-state index in [2.05, 4.69) is 31.2 Å². The molecule has 0 aliphatic rings. The molecule has 0 aliphatic heterocycles. The van der Waals surface area contributed by atoms with Crippen molar-refractivity contribution in [2.45, 2.75) is 6.92 Å². The number of hydrogen-bond donors (Lipinski definition) is 1. The fraction of sp³-hybridized carbons (Fsp3) is 0.0556. The second kappa shape index (κ2) is 7.23. The highest BCUT2D eigenvalue weighted by molar-refractivity contribution is 9.10. The van der Waals surface area contributed by atoms with E-state index >= 15 is 0 Å². The number of pyridine rings is 2. The molecule has 120 valence electrons. The van der Waals surface area contributed by atoms with Crippen LogP contribution >= 0.6 is 15.9 Å². The van der Waals surface area contributed by atoms with Crippen LogP contribution in [-0.4, -0.2) is 15.9 Å². The number of ether oxygens (including phenoxy) is 1. The summed E-state index contributed by atoms with van der Waals surface area (Å²) >= 11 is 3.42. The van der Waals surface area contributed by atoms with E-state index in [1.54, 1.807) is 42.7 Å². The smallest absolute Gasteiger partial charge is 0.274 e. The van der Waals surface area contributed by atoms with Gasteiger partial charge in [-0.25, -0.2) is 4.98 Å². The summed E-state index contributed by atoms with van der Waals surface area (Å²) in [6.07, 6.45) is 3.30. The van der Waals surface area contributed by atoms with Gasteiger partial charge in [-0.3, -0.25) is 9.78 Å².